The quantitative estimate of drug-likeness (QED) is 0.144. The second-order valence-electron chi connectivity index (χ2n) is 8.91. The average Bonchev–Trinajstić information content (AvgIpc) is 3.62. The van der Waals surface area contributed by atoms with Crippen molar-refractivity contribution >= 4 is 52.9 Å². The zero-order valence-corrected chi connectivity index (χ0v) is 24.6. The van der Waals surface area contributed by atoms with E-state index in [0.29, 0.717) is 16.8 Å². The number of hydrogen-bond acceptors (Lipinski definition) is 11. The third kappa shape index (κ3) is 6.24. The molecule has 222 valence electrons. The van der Waals surface area contributed by atoms with Crippen molar-refractivity contribution in [1.29, 1.82) is 0 Å². The number of ketones is 1. The standard InChI is InChI=1S/C31H28N2O9S/c1-39-23(34)17-22(29(36)40-2)43-18-21(19-11-7-5-8-12-19)32-15-16-33-26(27(35)20-13-9-6-10-14-20)24(30(37)41-3)25(28(32)33)31(38)42-4/h5-14,17-18H,15-16H2,1-4H3/b21-18-,22-17-. The van der Waals surface area contributed by atoms with Crippen molar-refractivity contribution < 1.29 is 42.9 Å². The van der Waals surface area contributed by atoms with Crippen molar-refractivity contribution in [2.75, 3.05) is 39.9 Å². The van der Waals surface area contributed by atoms with Crippen LogP contribution in [0.3, 0.4) is 0 Å². The zero-order valence-electron chi connectivity index (χ0n) is 23.8. The first-order valence-corrected chi connectivity index (χ1v) is 13.8. The van der Waals surface area contributed by atoms with Gasteiger partial charge in [-0.05, 0) is 5.56 Å². The molecule has 12 heteroatoms. The highest BCUT2D eigenvalue weighted by atomic mass is 32.2. The minimum absolute atomic E-state index is 0.0168. The van der Waals surface area contributed by atoms with Gasteiger partial charge in [-0.3, -0.25) is 4.79 Å². The molecule has 43 heavy (non-hydrogen) atoms. The molecule has 0 spiro atoms. The van der Waals surface area contributed by atoms with Gasteiger partial charge < -0.3 is 28.4 Å². The molecule has 0 fully saturated rings. The number of benzene rings is 2. The Morgan fingerprint density at radius 3 is 1.86 bits per heavy atom. The van der Waals surface area contributed by atoms with Gasteiger partial charge in [-0.15, -0.1) is 0 Å². The molecule has 2 heterocycles. The van der Waals surface area contributed by atoms with Gasteiger partial charge in [-0.25, -0.2) is 19.2 Å². The summed E-state index contributed by atoms with van der Waals surface area (Å²) >= 11 is 0.905. The number of anilines is 1. The van der Waals surface area contributed by atoms with Crippen LogP contribution in [0.15, 0.2) is 77.1 Å². The number of rotatable bonds is 10. The average molecular weight is 605 g/mol. The van der Waals surface area contributed by atoms with E-state index in [1.165, 1.54) is 21.3 Å². The maximum Gasteiger partial charge on any atom is 0.344 e. The first-order chi connectivity index (χ1) is 20.8. The number of ether oxygens (including phenoxy) is 4. The summed E-state index contributed by atoms with van der Waals surface area (Å²) in [6.45, 7) is 0.506. The lowest BCUT2D eigenvalue weighted by Crippen LogP contribution is -2.23. The molecule has 0 amide bonds. The van der Waals surface area contributed by atoms with E-state index in [1.54, 1.807) is 57.3 Å². The summed E-state index contributed by atoms with van der Waals surface area (Å²) in [6, 6.07) is 17.4. The van der Waals surface area contributed by atoms with Gasteiger partial charge in [0.1, 0.15) is 27.5 Å². The van der Waals surface area contributed by atoms with Gasteiger partial charge in [0, 0.05) is 30.1 Å². The number of thioether (sulfide) groups is 1. The topological polar surface area (TPSA) is 130 Å². The molecule has 0 radical (unpaired) electrons. The van der Waals surface area contributed by atoms with Crippen molar-refractivity contribution in [3.8, 4) is 0 Å². The van der Waals surface area contributed by atoms with Crippen molar-refractivity contribution in [2.45, 2.75) is 6.54 Å². The fourth-order valence-electron chi connectivity index (χ4n) is 4.63. The molecule has 1 aliphatic rings. The van der Waals surface area contributed by atoms with Crippen LogP contribution in [-0.4, -0.2) is 69.2 Å². The predicted molar refractivity (Wildman–Crippen MR) is 158 cm³/mol. The second-order valence-corrected chi connectivity index (χ2v) is 9.83. The maximum atomic E-state index is 13.9. The summed E-state index contributed by atoms with van der Waals surface area (Å²) in [5.41, 5.74) is 1.12. The third-order valence-electron chi connectivity index (χ3n) is 6.56. The Bertz CT molecular complexity index is 1630. The van der Waals surface area contributed by atoms with E-state index in [0.717, 1.165) is 24.9 Å². The van der Waals surface area contributed by atoms with E-state index >= 15 is 0 Å². The number of methoxy groups -OCH3 is 4. The molecule has 0 bridgehead atoms. The fraction of sp³-hybridized carbons (Fsp3) is 0.194. The van der Waals surface area contributed by atoms with Crippen molar-refractivity contribution in [3.63, 3.8) is 0 Å². The van der Waals surface area contributed by atoms with Gasteiger partial charge in [0.05, 0.1) is 34.1 Å². The normalized spacial score (nSPS) is 12.8. The first-order valence-electron chi connectivity index (χ1n) is 12.9. The Labute approximate surface area is 251 Å². The smallest absolute Gasteiger partial charge is 0.344 e. The molecule has 2 aromatic carbocycles. The van der Waals surface area contributed by atoms with Gasteiger partial charge in [0.15, 0.2) is 0 Å². The van der Waals surface area contributed by atoms with Crippen LogP contribution < -0.4 is 4.90 Å². The lowest BCUT2D eigenvalue weighted by Gasteiger charge is -2.23. The predicted octanol–water partition coefficient (Wildman–Crippen LogP) is 4.07. The maximum absolute atomic E-state index is 13.9. The fourth-order valence-corrected chi connectivity index (χ4v) is 5.47. The van der Waals surface area contributed by atoms with E-state index in [1.807, 2.05) is 18.2 Å². The summed E-state index contributed by atoms with van der Waals surface area (Å²) in [5, 5.41) is 1.61. The number of nitrogens with zero attached hydrogens (tertiary/aromatic N) is 2. The summed E-state index contributed by atoms with van der Waals surface area (Å²) < 4.78 is 21.2. The highest BCUT2D eigenvalue weighted by molar-refractivity contribution is 8.06. The van der Waals surface area contributed by atoms with E-state index in [-0.39, 0.29) is 40.6 Å². The number of aromatic nitrogens is 1. The number of carbonyl (C=O) groups is 5. The van der Waals surface area contributed by atoms with Crippen molar-refractivity contribution in [1.82, 2.24) is 4.57 Å². The molecule has 0 atom stereocenters. The number of carbonyl (C=O) groups excluding carboxylic acids is 5. The lowest BCUT2D eigenvalue weighted by molar-refractivity contribution is -0.137. The molecule has 1 aliphatic heterocycles. The Balaban J connectivity index is 1.97. The van der Waals surface area contributed by atoms with Gasteiger partial charge >= 0.3 is 23.9 Å². The van der Waals surface area contributed by atoms with Gasteiger partial charge in [0.25, 0.3) is 0 Å². The van der Waals surface area contributed by atoms with Crippen LogP contribution in [0.1, 0.15) is 42.3 Å². The molecular formula is C31H28N2O9S. The van der Waals surface area contributed by atoms with Crippen LogP contribution in [0.2, 0.25) is 0 Å². The molecular weight excluding hydrogens is 576 g/mol. The molecule has 0 saturated carbocycles. The second kappa shape index (κ2) is 13.7. The van der Waals surface area contributed by atoms with Crippen molar-refractivity contribution in [3.05, 3.63) is 105 Å². The molecule has 1 aromatic heterocycles. The minimum atomic E-state index is -0.880. The first kappa shape index (κ1) is 30.8. The monoisotopic (exact) mass is 604 g/mol. The number of esters is 4. The summed E-state index contributed by atoms with van der Waals surface area (Å²) in [7, 11) is 4.71. The summed E-state index contributed by atoms with van der Waals surface area (Å²) in [5.74, 6) is -3.48. The van der Waals surface area contributed by atoms with E-state index < -0.39 is 29.7 Å². The van der Waals surface area contributed by atoms with Crippen LogP contribution in [0.4, 0.5) is 5.82 Å². The molecule has 0 N–H and O–H groups in total. The van der Waals surface area contributed by atoms with Crippen LogP contribution in [0, 0.1) is 0 Å². The zero-order chi connectivity index (χ0) is 31.1. The summed E-state index contributed by atoms with van der Waals surface area (Å²) in [4.78, 5) is 66.5. The summed E-state index contributed by atoms with van der Waals surface area (Å²) in [6.07, 6.45) is 1.01. The Morgan fingerprint density at radius 1 is 0.721 bits per heavy atom. The Morgan fingerprint density at radius 2 is 1.30 bits per heavy atom. The minimum Gasteiger partial charge on any atom is -0.466 e. The third-order valence-corrected chi connectivity index (χ3v) is 7.44. The Hall–Kier alpha value is -5.10. The van der Waals surface area contributed by atoms with E-state index in [2.05, 4.69) is 4.74 Å². The molecule has 11 nitrogen and oxygen atoms in total. The Kier molecular flexibility index (Phi) is 9.83. The molecule has 0 saturated heterocycles. The van der Waals surface area contributed by atoms with Crippen LogP contribution in [0.25, 0.3) is 5.70 Å². The number of hydrogen-bond donors (Lipinski definition) is 0. The van der Waals surface area contributed by atoms with Gasteiger partial charge in [-0.2, -0.15) is 0 Å². The molecule has 3 aromatic rings. The van der Waals surface area contributed by atoms with E-state index in [9.17, 15) is 24.0 Å². The van der Waals surface area contributed by atoms with Gasteiger partial charge in [-0.1, -0.05) is 72.4 Å². The highest BCUT2D eigenvalue weighted by Gasteiger charge is 2.41. The molecule has 4 rings (SSSR count). The van der Waals surface area contributed by atoms with Crippen LogP contribution in [0.5, 0.6) is 0 Å². The highest BCUT2D eigenvalue weighted by Crippen LogP contribution is 2.41. The number of fused-ring (bicyclic) bond motifs is 1. The molecule has 0 aliphatic carbocycles. The molecule has 0 unspecified atom stereocenters. The van der Waals surface area contributed by atoms with Crippen LogP contribution in [-0.2, 0) is 35.1 Å². The van der Waals surface area contributed by atoms with E-state index in [4.69, 9.17) is 14.2 Å². The van der Waals surface area contributed by atoms with Gasteiger partial charge in [0.2, 0.25) is 5.78 Å². The SMILES string of the molecule is COC(=O)/C=C(\S/C=C(/c1ccccc1)N1CCn2c(C(=O)c3ccccc3)c(C(=O)OC)c(C(=O)OC)c21)C(=O)OC. The van der Waals surface area contributed by atoms with Crippen molar-refractivity contribution in [2.24, 2.45) is 0 Å². The lowest BCUT2D eigenvalue weighted by atomic mass is 10.0. The largest absolute Gasteiger partial charge is 0.466 e. The van der Waals surface area contributed by atoms with Crippen LogP contribution >= 0.6 is 11.8 Å².